The van der Waals surface area contributed by atoms with Gasteiger partial charge in [0, 0.05) is 13.1 Å². The fraction of sp³-hybridized carbons (Fsp3) is 0.588. The van der Waals surface area contributed by atoms with Crippen LogP contribution in [0.1, 0.15) is 18.4 Å². The first kappa shape index (κ1) is 16.1. The number of likely N-dealkylation sites (tertiary alicyclic amines) is 1. The molecule has 1 aromatic rings. The smallest absolute Gasteiger partial charge is 0.229 e. The maximum atomic E-state index is 12.7. The molecule has 0 saturated carbocycles. The number of fused-ring (bicyclic) bond motifs is 1. The largest absolute Gasteiger partial charge is 0.493 e. The molecular weight excluding hydrogens is 298 g/mol. The molecule has 126 valence electrons. The van der Waals surface area contributed by atoms with E-state index in [-0.39, 0.29) is 18.4 Å². The van der Waals surface area contributed by atoms with Gasteiger partial charge in [0.05, 0.1) is 25.2 Å². The Morgan fingerprint density at radius 2 is 2.17 bits per heavy atom. The zero-order valence-corrected chi connectivity index (χ0v) is 13.3. The van der Waals surface area contributed by atoms with Crippen molar-refractivity contribution in [3.05, 3.63) is 23.8 Å². The topological polar surface area (TPSA) is 79.2 Å². The Hall–Kier alpha value is -1.79. The quantitative estimate of drug-likeness (QED) is 0.852. The molecule has 3 rings (SSSR count). The number of carbonyl (C=O) groups is 1. The van der Waals surface area contributed by atoms with Gasteiger partial charge < -0.3 is 24.6 Å². The summed E-state index contributed by atoms with van der Waals surface area (Å²) in [5, 5.41) is 19.2. The number of para-hydroxylation sites is 1. The normalized spacial score (nSPS) is 22.9. The highest BCUT2D eigenvalue weighted by Crippen LogP contribution is 2.36. The third-order valence-electron chi connectivity index (χ3n) is 4.82. The highest BCUT2D eigenvalue weighted by atomic mass is 16.5. The van der Waals surface area contributed by atoms with Gasteiger partial charge in [-0.15, -0.1) is 0 Å². The highest BCUT2D eigenvalue weighted by molar-refractivity contribution is 5.80. The van der Waals surface area contributed by atoms with Crippen LogP contribution in [0, 0.1) is 5.92 Å². The monoisotopic (exact) mass is 321 g/mol. The lowest BCUT2D eigenvalue weighted by atomic mass is 9.90. The first-order chi connectivity index (χ1) is 11.1. The molecule has 6 heteroatoms. The van der Waals surface area contributed by atoms with Crippen molar-refractivity contribution in [2.45, 2.75) is 24.9 Å². The van der Waals surface area contributed by atoms with Crippen LogP contribution in [0.5, 0.6) is 11.5 Å². The van der Waals surface area contributed by atoms with Crippen LogP contribution in [0.25, 0.3) is 0 Å². The van der Waals surface area contributed by atoms with Crippen LogP contribution in [-0.4, -0.2) is 60.0 Å². The Labute approximate surface area is 135 Å². The number of aliphatic hydroxyl groups is 2. The predicted octanol–water partition coefficient (Wildman–Crippen LogP) is 0.592. The van der Waals surface area contributed by atoms with Gasteiger partial charge in [-0.25, -0.2) is 0 Å². The van der Waals surface area contributed by atoms with Crippen LogP contribution < -0.4 is 9.47 Å². The summed E-state index contributed by atoms with van der Waals surface area (Å²) in [5.74, 6) is 1.26. The van der Waals surface area contributed by atoms with Crippen LogP contribution in [0.4, 0.5) is 0 Å². The molecule has 0 bridgehead atoms. The third-order valence-corrected chi connectivity index (χ3v) is 4.82. The standard InChI is InChI=1S/C17H23NO5/c1-22-14-4-2-3-12-9-13(10-23-15(12)14)16(20)18-7-5-17(21,11-19)6-8-18/h2-4,13,19,21H,5-11H2,1H3/t13-/m0/s1. The van der Waals surface area contributed by atoms with Gasteiger partial charge in [0.15, 0.2) is 11.5 Å². The third kappa shape index (κ3) is 3.14. The van der Waals surface area contributed by atoms with Gasteiger partial charge >= 0.3 is 0 Å². The number of ether oxygens (including phenoxy) is 2. The molecular formula is C17H23NO5. The zero-order chi connectivity index (χ0) is 16.4. The van der Waals surface area contributed by atoms with Gasteiger partial charge in [-0.3, -0.25) is 4.79 Å². The minimum atomic E-state index is -1.04. The fourth-order valence-electron chi connectivity index (χ4n) is 3.27. The van der Waals surface area contributed by atoms with Crippen molar-refractivity contribution in [3.8, 4) is 11.5 Å². The van der Waals surface area contributed by atoms with Gasteiger partial charge in [0.1, 0.15) is 6.61 Å². The number of aliphatic hydroxyl groups excluding tert-OH is 1. The summed E-state index contributed by atoms with van der Waals surface area (Å²) in [5.41, 5.74) is -0.0578. The second-order valence-corrected chi connectivity index (χ2v) is 6.37. The highest BCUT2D eigenvalue weighted by Gasteiger charge is 2.36. The molecule has 0 spiro atoms. The number of methoxy groups -OCH3 is 1. The lowest BCUT2D eigenvalue weighted by molar-refractivity contribution is -0.142. The van der Waals surface area contributed by atoms with E-state index in [9.17, 15) is 15.0 Å². The molecule has 0 radical (unpaired) electrons. The van der Waals surface area contributed by atoms with Crippen molar-refractivity contribution in [1.29, 1.82) is 0 Å². The zero-order valence-electron chi connectivity index (χ0n) is 13.3. The lowest BCUT2D eigenvalue weighted by Gasteiger charge is -2.39. The van der Waals surface area contributed by atoms with Crippen molar-refractivity contribution in [3.63, 3.8) is 0 Å². The molecule has 23 heavy (non-hydrogen) atoms. The van der Waals surface area contributed by atoms with E-state index in [2.05, 4.69) is 0 Å². The van der Waals surface area contributed by atoms with Crippen molar-refractivity contribution >= 4 is 5.91 Å². The number of hydrogen-bond donors (Lipinski definition) is 2. The fourth-order valence-corrected chi connectivity index (χ4v) is 3.27. The van der Waals surface area contributed by atoms with Gasteiger partial charge in [-0.2, -0.15) is 0 Å². The number of amides is 1. The molecule has 2 aliphatic heterocycles. The van der Waals surface area contributed by atoms with E-state index in [4.69, 9.17) is 9.47 Å². The van der Waals surface area contributed by atoms with Crippen LogP contribution in [0.2, 0.25) is 0 Å². The number of carbonyl (C=O) groups excluding carboxylic acids is 1. The number of piperidine rings is 1. The summed E-state index contributed by atoms with van der Waals surface area (Å²) in [6.45, 7) is 1.02. The van der Waals surface area contributed by atoms with Crippen LogP contribution >= 0.6 is 0 Å². The first-order valence-electron chi connectivity index (χ1n) is 7.97. The summed E-state index contributed by atoms with van der Waals surface area (Å²) in [6.07, 6.45) is 1.45. The molecule has 1 saturated heterocycles. The average molecular weight is 321 g/mol. The Bertz CT molecular complexity index is 580. The Morgan fingerprint density at radius 3 is 2.83 bits per heavy atom. The maximum absolute atomic E-state index is 12.7. The molecule has 2 N–H and O–H groups in total. The van der Waals surface area contributed by atoms with Crippen molar-refractivity contribution < 1.29 is 24.5 Å². The SMILES string of the molecule is COc1cccc2c1OC[C@@H](C(=O)N1CCC(O)(CO)CC1)C2. The van der Waals surface area contributed by atoms with Crippen molar-refractivity contribution in [2.75, 3.05) is 33.4 Å². The predicted molar refractivity (Wildman–Crippen MR) is 83.5 cm³/mol. The molecule has 1 fully saturated rings. The van der Waals surface area contributed by atoms with E-state index in [1.54, 1.807) is 12.0 Å². The van der Waals surface area contributed by atoms with Gasteiger partial charge in [-0.05, 0) is 30.9 Å². The van der Waals surface area contributed by atoms with Crippen LogP contribution in [0.15, 0.2) is 18.2 Å². The van der Waals surface area contributed by atoms with Gasteiger partial charge in [0.2, 0.25) is 5.91 Å². The van der Waals surface area contributed by atoms with Crippen molar-refractivity contribution in [1.82, 2.24) is 4.90 Å². The second kappa shape index (κ2) is 6.37. The molecule has 1 amide bonds. The first-order valence-corrected chi connectivity index (χ1v) is 7.97. The number of benzene rings is 1. The van der Waals surface area contributed by atoms with E-state index >= 15 is 0 Å². The molecule has 6 nitrogen and oxygen atoms in total. The van der Waals surface area contributed by atoms with E-state index < -0.39 is 5.60 Å². The molecule has 2 heterocycles. The Kier molecular flexibility index (Phi) is 4.46. The van der Waals surface area contributed by atoms with Gasteiger partial charge in [-0.1, -0.05) is 12.1 Å². The Morgan fingerprint density at radius 1 is 1.43 bits per heavy atom. The second-order valence-electron chi connectivity index (χ2n) is 6.37. The molecule has 0 aromatic heterocycles. The van der Waals surface area contributed by atoms with Crippen LogP contribution in [0.3, 0.4) is 0 Å². The molecule has 1 aromatic carbocycles. The summed E-state index contributed by atoms with van der Waals surface area (Å²) < 4.78 is 11.1. The van der Waals surface area contributed by atoms with Crippen molar-refractivity contribution in [2.24, 2.45) is 5.92 Å². The molecule has 0 aliphatic carbocycles. The van der Waals surface area contributed by atoms with E-state index in [0.717, 1.165) is 11.3 Å². The van der Waals surface area contributed by atoms with E-state index in [0.29, 0.717) is 44.7 Å². The minimum Gasteiger partial charge on any atom is -0.493 e. The number of nitrogens with zero attached hydrogens (tertiary/aromatic N) is 1. The summed E-state index contributed by atoms with van der Waals surface area (Å²) in [7, 11) is 1.60. The van der Waals surface area contributed by atoms with Crippen LogP contribution in [-0.2, 0) is 11.2 Å². The van der Waals surface area contributed by atoms with E-state index in [1.807, 2.05) is 18.2 Å². The summed E-state index contributed by atoms with van der Waals surface area (Å²) in [6, 6.07) is 5.70. The Balaban J connectivity index is 1.66. The molecule has 1 atom stereocenters. The molecule has 0 unspecified atom stereocenters. The average Bonchev–Trinajstić information content (AvgIpc) is 2.60. The summed E-state index contributed by atoms with van der Waals surface area (Å²) >= 11 is 0. The lowest BCUT2D eigenvalue weighted by Crippen LogP contribution is -2.51. The molecule has 2 aliphatic rings. The number of rotatable bonds is 3. The number of hydrogen-bond acceptors (Lipinski definition) is 5. The summed E-state index contributed by atoms with van der Waals surface area (Å²) in [4.78, 5) is 14.5. The van der Waals surface area contributed by atoms with E-state index in [1.165, 1.54) is 0 Å². The van der Waals surface area contributed by atoms with Gasteiger partial charge in [0.25, 0.3) is 0 Å². The maximum Gasteiger partial charge on any atom is 0.229 e. The minimum absolute atomic E-state index is 0.0541.